The molecule has 2 aromatic carbocycles. The van der Waals surface area contributed by atoms with Crippen LogP contribution in [-0.4, -0.2) is 12.9 Å². The molecule has 120 valence electrons. The first-order chi connectivity index (χ1) is 11.4. The van der Waals surface area contributed by atoms with Crippen LogP contribution in [-0.2, 0) is 9.53 Å². The van der Waals surface area contributed by atoms with Crippen molar-refractivity contribution >= 4 is 17.1 Å². The van der Waals surface area contributed by atoms with E-state index in [1.54, 1.807) is 0 Å². The van der Waals surface area contributed by atoms with Gasteiger partial charge in [-0.25, -0.2) is 0 Å². The Hall–Kier alpha value is -1.67. The summed E-state index contributed by atoms with van der Waals surface area (Å²) in [6.45, 7) is 0.530. The van der Waals surface area contributed by atoms with Gasteiger partial charge in [0, 0.05) is 12.3 Å². The molecular formula is C21H24O2. The Morgan fingerprint density at radius 1 is 1.00 bits per heavy atom. The fourth-order valence-electron chi connectivity index (χ4n) is 4.70. The molecular weight excluding hydrogens is 284 g/mol. The lowest BCUT2D eigenvalue weighted by Gasteiger charge is -2.32. The minimum atomic E-state index is 0.124. The molecule has 0 aliphatic heterocycles. The predicted molar refractivity (Wildman–Crippen MR) is 92.6 cm³/mol. The zero-order valence-electron chi connectivity index (χ0n) is 13.5. The van der Waals surface area contributed by atoms with Gasteiger partial charge in [0.1, 0.15) is 6.29 Å². The largest absolute Gasteiger partial charge is 0.372 e. The fourth-order valence-corrected chi connectivity index (χ4v) is 4.70. The summed E-state index contributed by atoms with van der Waals surface area (Å²) in [7, 11) is 0. The highest BCUT2D eigenvalue weighted by Crippen LogP contribution is 2.53. The minimum absolute atomic E-state index is 0.124. The first kappa shape index (κ1) is 14.9. The van der Waals surface area contributed by atoms with E-state index >= 15 is 0 Å². The highest BCUT2D eigenvalue weighted by molar-refractivity contribution is 5.92. The number of carbonyl (C=O) groups is 1. The summed E-state index contributed by atoms with van der Waals surface area (Å²) in [4.78, 5) is 10.7. The van der Waals surface area contributed by atoms with Crippen LogP contribution in [0.3, 0.4) is 0 Å². The number of ether oxygens (including phenoxy) is 1. The molecule has 0 heterocycles. The third-order valence-electron chi connectivity index (χ3n) is 5.65. The molecule has 2 nitrogen and oxygen atoms in total. The zero-order valence-corrected chi connectivity index (χ0v) is 13.5. The molecule has 0 N–H and O–H groups in total. The van der Waals surface area contributed by atoms with E-state index in [-0.39, 0.29) is 6.10 Å². The van der Waals surface area contributed by atoms with Crippen molar-refractivity contribution < 1.29 is 9.53 Å². The molecule has 2 heteroatoms. The molecule has 0 bridgehead atoms. The SMILES string of the molecule is O=CCCOC1c2cccc3cccc(c23)C1C1CCCCC1. The standard InChI is InChI=1S/C21H24O2/c22-13-6-14-23-21-18-12-5-10-15-9-4-11-17(19(15)18)20(21)16-7-2-1-3-8-16/h4-5,9-13,16,20-21H,1-3,6-8,14H2. The predicted octanol–water partition coefficient (Wildman–Crippen LogP) is 5.16. The Morgan fingerprint density at radius 3 is 2.48 bits per heavy atom. The summed E-state index contributed by atoms with van der Waals surface area (Å²) in [6.07, 6.45) is 8.24. The minimum Gasteiger partial charge on any atom is -0.372 e. The maximum absolute atomic E-state index is 10.7. The third-order valence-corrected chi connectivity index (χ3v) is 5.65. The topological polar surface area (TPSA) is 26.3 Å². The lowest BCUT2D eigenvalue weighted by atomic mass is 9.76. The fraction of sp³-hybridized carbons (Fsp3) is 0.476. The van der Waals surface area contributed by atoms with E-state index < -0.39 is 0 Å². The van der Waals surface area contributed by atoms with Gasteiger partial charge < -0.3 is 9.53 Å². The molecule has 0 amide bonds. The number of carbonyl (C=O) groups excluding carboxylic acids is 1. The van der Waals surface area contributed by atoms with Gasteiger partial charge in [-0.15, -0.1) is 0 Å². The second-order valence-corrected chi connectivity index (χ2v) is 6.96. The highest BCUT2D eigenvalue weighted by atomic mass is 16.5. The van der Waals surface area contributed by atoms with Crippen LogP contribution in [0.25, 0.3) is 10.8 Å². The van der Waals surface area contributed by atoms with E-state index in [2.05, 4.69) is 36.4 Å². The van der Waals surface area contributed by atoms with Gasteiger partial charge in [0.05, 0.1) is 12.7 Å². The normalized spacial score (nSPS) is 24.2. The van der Waals surface area contributed by atoms with Crippen LogP contribution in [0.4, 0.5) is 0 Å². The summed E-state index contributed by atoms with van der Waals surface area (Å²) in [5.74, 6) is 1.17. The van der Waals surface area contributed by atoms with E-state index in [4.69, 9.17) is 4.74 Å². The lowest BCUT2D eigenvalue weighted by Crippen LogP contribution is -2.21. The number of hydrogen-bond donors (Lipinski definition) is 0. The van der Waals surface area contributed by atoms with Crippen LogP contribution >= 0.6 is 0 Å². The van der Waals surface area contributed by atoms with Gasteiger partial charge in [0.15, 0.2) is 0 Å². The van der Waals surface area contributed by atoms with Crippen molar-refractivity contribution in [3.8, 4) is 0 Å². The molecule has 2 aliphatic rings. The van der Waals surface area contributed by atoms with Crippen LogP contribution in [0.1, 0.15) is 61.7 Å². The van der Waals surface area contributed by atoms with E-state index in [0.717, 1.165) is 6.29 Å². The van der Waals surface area contributed by atoms with Crippen LogP contribution < -0.4 is 0 Å². The van der Waals surface area contributed by atoms with Crippen molar-refractivity contribution in [3.05, 3.63) is 47.5 Å². The van der Waals surface area contributed by atoms with Crippen LogP contribution in [0.15, 0.2) is 36.4 Å². The molecule has 4 rings (SSSR count). The molecule has 0 aromatic heterocycles. The molecule has 2 aliphatic carbocycles. The van der Waals surface area contributed by atoms with Crippen molar-refractivity contribution in [1.82, 2.24) is 0 Å². The lowest BCUT2D eigenvalue weighted by molar-refractivity contribution is -0.109. The molecule has 0 radical (unpaired) electrons. The average Bonchev–Trinajstić information content (AvgIpc) is 2.92. The average molecular weight is 308 g/mol. The van der Waals surface area contributed by atoms with Crippen LogP contribution in [0.5, 0.6) is 0 Å². The zero-order chi connectivity index (χ0) is 15.6. The number of rotatable bonds is 5. The molecule has 2 aromatic rings. The first-order valence-electron chi connectivity index (χ1n) is 8.97. The first-order valence-corrected chi connectivity index (χ1v) is 8.97. The Kier molecular flexibility index (Phi) is 4.17. The summed E-state index contributed by atoms with van der Waals surface area (Å²) in [6, 6.07) is 13.3. The third kappa shape index (κ3) is 2.59. The molecule has 2 unspecified atom stereocenters. The van der Waals surface area contributed by atoms with E-state index in [1.165, 1.54) is 54.0 Å². The van der Waals surface area contributed by atoms with Gasteiger partial charge in [-0.1, -0.05) is 55.7 Å². The van der Waals surface area contributed by atoms with Gasteiger partial charge in [0.25, 0.3) is 0 Å². The second-order valence-electron chi connectivity index (χ2n) is 6.96. The Bertz CT molecular complexity index is 695. The van der Waals surface area contributed by atoms with Crippen molar-refractivity contribution in [3.63, 3.8) is 0 Å². The second kappa shape index (κ2) is 6.45. The smallest absolute Gasteiger partial charge is 0.122 e. The number of hydrogen-bond acceptors (Lipinski definition) is 2. The van der Waals surface area contributed by atoms with E-state index in [0.29, 0.717) is 24.9 Å². The van der Waals surface area contributed by atoms with E-state index in [1.807, 2.05) is 0 Å². The summed E-state index contributed by atoms with van der Waals surface area (Å²) in [5, 5.41) is 2.73. The Labute approximate surface area is 137 Å². The summed E-state index contributed by atoms with van der Waals surface area (Å²) in [5.41, 5.74) is 2.81. The van der Waals surface area contributed by atoms with Crippen molar-refractivity contribution in [2.24, 2.45) is 5.92 Å². The summed E-state index contributed by atoms with van der Waals surface area (Å²) >= 11 is 0. The highest BCUT2D eigenvalue weighted by Gasteiger charge is 2.39. The maximum atomic E-state index is 10.7. The Balaban J connectivity index is 1.75. The quantitative estimate of drug-likeness (QED) is 0.563. The number of aldehydes is 1. The van der Waals surface area contributed by atoms with Crippen molar-refractivity contribution in [1.29, 1.82) is 0 Å². The monoisotopic (exact) mass is 308 g/mol. The number of benzene rings is 2. The van der Waals surface area contributed by atoms with Gasteiger partial charge in [-0.3, -0.25) is 0 Å². The molecule has 1 saturated carbocycles. The molecule has 1 fully saturated rings. The van der Waals surface area contributed by atoms with Gasteiger partial charge >= 0.3 is 0 Å². The Morgan fingerprint density at radius 2 is 1.74 bits per heavy atom. The molecule has 0 spiro atoms. The van der Waals surface area contributed by atoms with Gasteiger partial charge in [-0.2, -0.15) is 0 Å². The van der Waals surface area contributed by atoms with Crippen LogP contribution in [0.2, 0.25) is 0 Å². The van der Waals surface area contributed by atoms with Crippen LogP contribution in [0, 0.1) is 5.92 Å². The van der Waals surface area contributed by atoms with Crippen molar-refractivity contribution in [2.75, 3.05) is 6.61 Å². The molecule has 0 saturated heterocycles. The van der Waals surface area contributed by atoms with Crippen molar-refractivity contribution in [2.45, 2.75) is 50.5 Å². The van der Waals surface area contributed by atoms with E-state index in [9.17, 15) is 4.79 Å². The van der Waals surface area contributed by atoms with Gasteiger partial charge in [0.2, 0.25) is 0 Å². The molecule has 2 atom stereocenters. The molecule has 23 heavy (non-hydrogen) atoms. The van der Waals surface area contributed by atoms with Gasteiger partial charge in [-0.05, 0) is 40.7 Å². The summed E-state index contributed by atoms with van der Waals surface area (Å²) < 4.78 is 6.25. The maximum Gasteiger partial charge on any atom is 0.122 e.